The molecule has 0 saturated carbocycles. The minimum Gasteiger partial charge on any atom is -0.462 e. The van der Waals surface area contributed by atoms with Crippen molar-refractivity contribution in [2.45, 2.75) is 387 Å². The number of carbonyl (C=O) groups excluding carboxylic acids is 4. The summed E-state index contributed by atoms with van der Waals surface area (Å²) in [7, 11) is -9.90. The molecule has 0 aliphatic carbocycles. The normalized spacial score (nSPS) is 14.4. The Morgan fingerprint density at radius 3 is 0.835 bits per heavy atom. The largest absolute Gasteiger partial charge is 0.472 e. The van der Waals surface area contributed by atoms with Crippen LogP contribution in [0.2, 0.25) is 0 Å². The number of phosphoric ester groups is 2. The third-order valence-electron chi connectivity index (χ3n) is 17.1. The van der Waals surface area contributed by atoms with E-state index in [0.29, 0.717) is 25.7 Å². The van der Waals surface area contributed by atoms with Gasteiger partial charge in [0.05, 0.1) is 26.4 Å². The minimum absolute atomic E-state index is 0.105. The van der Waals surface area contributed by atoms with Gasteiger partial charge in [0, 0.05) is 25.7 Å². The van der Waals surface area contributed by atoms with Crippen molar-refractivity contribution >= 4 is 39.5 Å². The van der Waals surface area contributed by atoms with Crippen LogP contribution in [0, 0.1) is 11.8 Å². The smallest absolute Gasteiger partial charge is 0.462 e. The van der Waals surface area contributed by atoms with E-state index in [1.165, 1.54) is 186 Å². The summed E-state index contributed by atoms with van der Waals surface area (Å²) in [5.41, 5.74) is 0. The Labute approximate surface area is 556 Å². The first-order valence-corrected chi connectivity index (χ1v) is 40.5. The van der Waals surface area contributed by atoms with Crippen molar-refractivity contribution < 1.29 is 80.2 Å². The average molecular weight is 1340 g/mol. The molecular weight excluding hydrogens is 1200 g/mol. The number of ether oxygens (including phenoxy) is 4. The highest BCUT2D eigenvalue weighted by atomic mass is 31.2. The molecule has 0 bridgehead atoms. The summed E-state index contributed by atoms with van der Waals surface area (Å²) in [4.78, 5) is 72.7. The van der Waals surface area contributed by atoms with Crippen LogP contribution in [-0.4, -0.2) is 96.7 Å². The van der Waals surface area contributed by atoms with Crippen LogP contribution in [0.5, 0.6) is 0 Å². The van der Waals surface area contributed by atoms with Crippen molar-refractivity contribution in [3.8, 4) is 0 Å². The van der Waals surface area contributed by atoms with Gasteiger partial charge >= 0.3 is 39.5 Å². The number of aliphatic hydroxyl groups is 1. The summed E-state index contributed by atoms with van der Waals surface area (Å²) in [5.74, 6) is -0.607. The predicted octanol–water partition coefficient (Wildman–Crippen LogP) is 20.8. The van der Waals surface area contributed by atoms with E-state index in [1.807, 2.05) is 0 Å². The van der Waals surface area contributed by atoms with Gasteiger partial charge in [-0.3, -0.25) is 37.3 Å². The average Bonchev–Trinajstić information content (AvgIpc) is 2.83. The molecular formula is C72H140O17P2. The molecule has 0 heterocycles. The van der Waals surface area contributed by atoms with Gasteiger partial charge in [-0.1, -0.05) is 318 Å². The summed E-state index contributed by atoms with van der Waals surface area (Å²) >= 11 is 0. The first-order valence-electron chi connectivity index (χ1n) is 37.5. The topological polar surface area (TPSA) is 237 Å². The van der Waals surface area contributed by atoms with E-state index >= 15 is 0 Å². The van der Waals surface area contributed by atoms with Gasteiger partial charge in [0.15, 0.2) is 12.2 Å². The monoisotopic (exact) mass is 1340 g/mol. The zero-order valence-corrected chi connectivity index (χ0v) is 60.9. The summed E-state index contributed by atoms with van der Waals surface area (Å²) in [5, 5.41) is 10.6. The maximum Gasteiger partial charge on any atom is 0.472 e. The lowest BCUT2D eigenvalue weighted by molar-refractivity contribution is -0.161. The molecule has 3 unspecified atom stereocenters. The predicted molar refractivity (Wildman–Crippen MR) is 368 cm³/mol. The zero-order valence-electron chi connectivity index (χ0n) is 59.1. The summed E-state index contributed by atoms with van der Waals surface area (Å²) < 4.78 is 68.4. The molecule has 6 atom stereocenters. The summed E-state index contributed by atoms with van der Waals surface area (Å²) in [6.07, 6.45) is 49.8. The Kier molecular flexibility index (Phi) is 62.7. The minimum atomic E-state index is -4.95. The molecule has 17 nitrogen and oxygen atoms in total. The van der Waals surface area contributed by atoms with Crippen LogP contribution in [0.15, 0.2) is 0 Å². The second kappa shape index (κ2) is 64.1. The van der Waals surface area contributed by atoms with Gasteiger partial charge in [0.25, 0.3) is 0 Å². The lowest BCUT2D eigenvalue weighted by atomic mass is 9.99. The fraction of sp³-hybridized carbons (Fsp3) is 0.944. The zero-order chi connectivity index (χ0) is 67.2. The molecule has 0 aliphatic heterocycles. The lowest BCUT2D eigenvalue weighted by Crippen LogP contribution is -2.30. The van der Waals surface area contributed by atoms with Gasteiger partial charge < -0.3 is 33.8 Å². The van der Waals surface area contributed by atoms with Crippen molar-refractivity contribution in [3.63, 3.8) is 0 Å². The molecule has 3 N–H and O–H groups in total. The quantitative estimate of drug-likeness (QED) is 0.0222. The van der Waals surface area contributed by atoms with Gasteiger partial charge in [-0.05, 0) is 37.5 Å². The van der Waals surface area contributed by atoms with E-state index in [0.717, 1.165) is 102 Å². The van der Waals surface area contributed by atoms with Crippen LogP contribution in [0.3, 0.4) is 0 Å². The van der Waals surface area contributed by atoms with Gasteiger partial charge in [0.2, 0.25) is 0 Å². The lowest BCUT2D eigenvalue weighted by Gasteiger charge is -2.21. The molecule has 0 aromatic heterocycles. The second-order valence-corrected chi connectivity index (χ2v) is 29.6. The number of phosphoric acid groups is 2. The number of esters is 4. The SMILES string of the molecule is CCCCCCCCCCCCCCCCCC(=O)O[C@H](COC(=O)CCCCCCCCCCCC(C)C)COP(=O)(O)OC[C@@H](O)COP(=O)(O)OC[C@@H](COC(=O)CCCCCCCCCCCCCC)OC(=O)CCCCCCCCCCC(C)CC. The Bertz CT molecular complexity index is 1770. The number of hydrogen-bond acceptors (Lipinski definition) is 15. The first kappa shape index (κ1) is 89.1. The number of carbonyl (C=O) groups is 4. The number of rotatable bonds is 71. The third-order valence-corrected chi connectivity index (χ3v) is 19.0. The van der Waals surface area contributed by atoms with Crippen LogP contribution in [-0.2, 0) is 65.4 Å². The maximum absolute atomic E-state index is 13.0. The second-order valence-electron chi connectivity index (χ2n) is 26.7. The highest BCUT2D eigenvalue weighted by molar-refractivity contribution is 7.47. The maximum atomic E-state index is 13.0. The van der Waals surface area contributed by atoms with Crippen LogP contribution in [0.1, 0.15) is 369 Å². The fourth-order valence-corrected chi connectivity index (χ4v) is 12.5. The molecule has 0 aliphatic rings. The van der Waals surface area contributed by atoms with Crippen LogP contribution < -0.4 is 0 Å². The highest BCUT2D eigenvalue weighted by Gasteiger charge is 2.30. The molecule has 91 heavy (non-hydrogen) atoms. The summed E-state index contributed by atoms with van der Waals surface area (Å²) in [6.45, 7) is 9.55. The van der Waals surface area contributed by atoms with Gasteiger partial charge in [-0.2, -0.15) is 0 Å². The van der Waals surface area contributed by atoms with Crippen LogP contribution in [0.25, 0.3) is 0 Å². The summed E-state index contributed by atoms with van der Waals surface area (Å²) in [6, 6.07) is 0. The van der Waals surface area contributed by atoms with Crippen molar-refractivity contribution in [2.24, 2.45) is 11.8 Å². The molecule has 0 fully saturated rings. The van der Waals surface area contributed by atoms with E-state index < -0.39 is 97.5 Å². The molecule has 0 aromatic carbocycles. The molecule has 0 amide bonds. The third kappa shape index (κ3) is 65.1. The van der Waals surface area contributed by atoms with Crippen molar-refractivity contribution in [1.82, 2.24) is 0 Å². The molecule has 0 rings (SSSR count). The standard InChI is InChI=1S/C72H140O17P2/c1-7-10-12-14-16-18-20-22-23-24-26-30-38-44-50-56-71(76)88-67(60-83-70(75)55-49-43-37-31-27-28-34-40-46-52-64(4)5)62-86-90(78,79)84-58-66(73)59-85-91(80,81)87-63-68(89-72(77)57-51-45-39-33-32-35-41-47-53-65(6)9-3)61-82-69(74)54-48-42-36-29-25-21-19-17-15-13-11-8-2/h64-68,73H,7-63H2,1-6H3,(H,78,79)(H,80,81)/t65?,66-,67-,68-/m1/s1. The van der Waals surface area contributed by atoms with Crippen molar-refractivity contribution in [3.05, 3.63) is 0 Å². The van der Waals surface area contributed by atoms with E-state index in [4.69, 9.17) is 37.0 Å². The number of hydrogen-bond donors (Lipinski definition) is 3. The van der Waals surface area contributed by atoms with Crippen molar-refractivity contribution in [2.75, 3.05) is 39.6 Å². The van der Waals surface area contributed by atoms with Crippen LogP contribution in [0.4, 0.5) is 0 Å². The van der Waals surface area contributed by atoms with Gasteiger partial charge in [-0.15, -0.1) is 0 Å². The Balaban J connectivity index is 5.26. The number of unbranched alkanes of at least 4 members (excludes halogenated alkanes) is 40. The fourth-order valence-electron chi connectivity index (χ4n) is 10.9. The van der Waals surface area contributed by atoms with E-state index in [9.17, 15) is 43.2 Å². The molecule has 0 aromatic rings. The van der Waals surface area contributed by atoms with Gasteiger partial charge in [0.1, 0.15) is 19.3 Å². The molecule has 0 radical (unpaired) electrons. The molecule has 0 spiro atoms. The Hall–Kier alpha value is -1.94. The van der Waals surface area contributed by atoms with Crippen molar-refractivity contribution in [1.29, 1.82) is 0 Å². The van der Waals surface area contributed by atoms with Gasteiger partial charge in [-0.25, -0.2) is 9.13 Å². The molecule has 19 heteroatoms. The molecule has 0 saturated heterocycles. The highest BCUT2D eigenvalue weighted by Crippen LogP contribution is 2.45. The van der Waals surface area contributed by atoms with E-state index in [2.05, 4.69) is 41.5 Å². The van der Waals surface area contributed by atoms with E-state index in [-0.39, 0.29) is 25.7 Å². The Morgan fingerprint density at radius 1 is 0.319 bits per heavy atom. The Morgan fingerprint density at radius 2 is 0.560 bits per heavy atom. The van der Waals surface area contributed by atoms with Crippen LogP contribution >= 0.6 is 15.6 Å². The van der Waals surface area contributed by atoms with E-state index in [1.54, 1.807) is 0 Å². The number of aliphatic hydroxyl groups excluding tert-OH is 1. The first-order chi connectivity index (χ1) is 43.9. The molecule has 540 valence electrons.